The summed E-state index contributed by atoms with van der Waals surface area (Å²) in [6.07, 6.45) is 0. The summed E-state index contributed by atoms with van der Waals surface area (Å²) < 4.78 is 24.1. The highest BCUT2D eigenvalue weighted by Gasteiger charge is 2.15. The Bertz CT molecular complexity index is 1100. The molecule has 0 saturated carbocycles. The molecule has 4 rings (SSSR count). The van der Waals surface area contributed by atoms with Gasteiger partial charge in [0.1, 0.15) is 19.0 Å². The number of rotatable bonds is 6. The van der Waals surface area contributed by atoms with Crippen LogP contribution in [0.3, 0.4) is 0 Å². The molecule has 3 aromatic carbocycles. The van der Waals surface area contributed by atoms with Gasteiger partial charge in [-0.3, -0.25) is 9.59 Å². The predicted octanol–water partition coefficient (Wildman–Crippen LogP) is 4.58. The van der Waals surface area contributed by atoms with Crippen molar-refractivity contribution in [1.82, 2.24) is 0 Å². The van der Waals surface area contributed by atoms with Gasteiger partial charge in [-0.25, -0.2) is 4.39 Å². The van der Waals surface area contributed by atoms with Crippen LogP contribution in [0.1, 0.15) is 10.4 Å². The molecule has 0 saturated heterocycles. The molecule has 3 aromatic rings. The molecule has 6 nitrogen and oxygen atoms in total. The Morgan fingerprint density at radius 2 is 1.65 bits per heavy atom. The lowest BCUT2D eigenvalue weighted by atomic mass is 10.1. The Morgan fingerprint density at radius 1 is 0.903 bits per heavy atom. The summed E-state index contributed by atoms with van der Waals surface area (Å²) >= 11 is 1.36. The molecule has 31 heavy (non-hydrogen) atoms. The molecule has 0 radical (unpaired) electrons. The molecule has 8 heteroatoms. The minimum Gasteiger partial charge on any atom is -0.486 e. The van der Waals surface area contributed by atoms with E-state index >= 15 is 0 Å². The van der Waals surface area contributed by atoms with Crippen molar-refractivity contribution >= 4 is 35.0 Å². The number of hydrogen-bond acceptors (Lipinski definition) is 5. The first-order chi connectivity index (χ1) is 15.1. The Balaban J connectivity index is 1.38. The number of halogens is 1. The Hall–Kier alpha value is -3.52. The third kappa shape index (κ3) is 5.35. The number of para-hydroxylation sites is 1. The fourth-order valence-corrected chi connectivity index (χ4v) is 3.69. The van der Waals surface area contributed by atoms with Crippen LogP contribution in [0.5, 0.6) is 11.5 Å². The molecule has 0 aliphatic carbocycles. The van der Waals surface area contributed by atoms with Gasteiger partial charge in [0.25, 0.3) is 5.91 Å². The molecule has 0 aromatic heterocycles. The van der Waals surface area contributed by atoms with Gasteiger partial charge in [0.2, 0.25) is 5.91 Å². The van der Waals surface area contributed by atoms with Crippen molar-refractivity contribution < 1.29 is 23.5 Å². The van der Waals surface area contributed by atoms with E-state index in [0.717, 1.165) is 4.90 Å². The van der Waals surface area contributed by atoms with E-state index < -0.39 is 5.91 Å². The van der Waals surface area contributed by atoms with E-state index in [1.54, 1.807) is 24.3 Å². The maximum Gasteiger partial charge on any atom is 0.257 e. The Kier molecular flexibility index (Phi) is 6.37. The highest BCUT2D eigenvalue weighted by Crippen LogP contribution is 2.34. The minimum absolute atomic E-state index is 0.160. The van der Waals surface area contributed by atoms with Crippen LogP contribution in [-0.2, 0) is 4.79 Å². The van der Waals surface area contributed by atoms with Crippen LogP contribution in [0.2, 0.25) is 0 Å². The van der Waals surface area contributed by atoms with Crippen LogP contribution in [0.25, 0.3) is 0 Å². The van der Waals surface area contributed by atoms with Gasteiger partial charge in [0.05, 0.1) is 17.0 Å². The average molecular weight is 438 g/mol. The summed E-state index contributed by atoms with van der Waals surface area (Å²) in [4.78, 5) is 26.0. The maximum atomic E-state index is 13.1. The van der Waals surface area contributed by atoms with Crippen molar-refractivity contribution in [2.24, 2.45) is 0 Å². The largest absolute Gasteiger partial charge is 0.486 e. The summed E-state index contributed by atoms with van der Waals surface area (Å²) in [6, 6.07) is 17.7. The van der Waals surface area contributed by atoms with Crippen LogP contribution in [0.4, 0.5) is 15.8 Å². The van der Waals surface area contributed by atoms with Crippen molar-refractivity contribution in [2.45, 2.75) is 4.90 Å². The van der Waals surface area contributed by atoms with E-state index in [-0.39, 0.29) is 17.5 Å². The van der Waals surface area contributed by atoms with E-state index in [9.17, 15) is 14.0 Å². The second-order valence-corrected chi connectivity index (χ2v) is 7.70. The summed E-state index contributed by atoms with van der Waals surface area (Å²) in [5.41, 5.74) is 1.17. The van der Waals surface area contributed by atoms with E-state index in [1.165, 1.54) is 36.0 Å². The molecule has 1 heterocycles. The van der Waals surface area contributed by atoms with Gasteiger partial charge in [0.15, 0.2) is 11.5 Å². The molecule has 0 fully saturated rings. The lowest BCUT2D eigenvalue weighted by molar-refractivity contribution is -0.113. The second-order valence-electron chi connectivity index (χ2n) is 6.65. The lowest BCUT2D eigenvalue weighted by Gasteiger charge is -2.18. The van der Waals surface area contributed by atoms with Gasteiger partial charge < -0.3 is 20.1 Å². The number of benzene rings is 3. The fraction of sp³-hybridized carbons (Fsp3) is 0.130. The smallest absolute Gasteiger partial charge is 0.257 e. The van der Waals surface area contributed by atoms with Crippen LogP contribution in [0.15, 0.2) is 71.6 Å². The molecule has 0 bridgehead atoms. The summed E-state index contributed by atoms with van der Waals surface area (Å²) in [5, 5.41) is 5.48. The van der Waals surface area contributed by atoms with E-state index in [1.807, 2.05) is 18.2 Å². The molecule has 1 aliphatic rings. The van der Waals surface area contributed by atoms with Crippen molar-refractivity contribution in [3.8, 4) is 11.5 Å². The zero-order valence-corrected chi connectivity index (χ0v) is 17.2. The zero-order valence-electron chi connectivity index (χ0n) is 16.4. The van der Waals surface area contributed by atoms with Crippen molar-refractivity contribution in [3.05, 3.63) is 78.1 Å². The average Bonchev–Trinajstić information content (AvgIpc) is 2.79. The zero-order chi connectivity index (χ0) is 21.6. The van der Waals surface area contributed by atoms with E-state index in [0.29, 0.717) is 41.7 Å². The van der Waals surface area contributed by atoms with Gasteiger partial charge in [-0.15, -0.1) is 11.8 Å². The third-order valence-electron chi connectivity index (χ3n) is 4.43. The number of fused-ring (bicyclic) bond motifs is 1. The highest BCUT2D eigenvalue weighted by atomic mass is 32.2. The minimum atomic E-state index is -0.401. The normalized spacial score (nSPS) is 12.2. The molecule has 1 aliphatic heterocycles. The SMILES string of the molecule is O=C(CSc1ccc2c(c1)OCCO2)Nc1ccccc1C(=O)Nc1ccc(F)cc1. The van der Waals surface area contributed by atoms with E-state index in [4.69, 9.17) is 9.47 Å². The summed E-state index contributed by atoms with van der Waals surface area (Å²) in [6.45, 7) is 1.02. The second kappa shape index (κ2) is 9.53. The van der Waals surface area contributed by atoms with Gasteiger partial charge >= 0.3 is 0 Å². The molecular formula is C23H19FN2O4S. The molecule has 0 unspecified atom stereocenters. The van der Waals surface area contributed by atoms with Crippen LogP contribution in [-0.4, -0.2) is 30.8 Å². The monoisotopic (exact) mass is 438 g/mol. The van der Waals surface area contributed by atoms with Gasteiger partial charge in [-0.05, 0) is 54.6 Å². The first kappa shape index (κ1) is 20.7. The van der Waals surface area contributed by atoms with Gasteiger partial charge in [-0.1, -0.05) is 12.1 Å². The number of nitrogens with one attached hydrogen (secondary N) is 2. The van der Waals surface area contributed by atoms with Crippen LogP contribution < -0.4 is 20.1 Å². The summed E-state index contributed by atoms with van der Waals surface area (Å²) in [7, 11) is 0. The number of hydrogen-bond donors (Lipinski definition) is 2. The predicted molar refractivity (Wildman–Crippen MR) is 118 cm³/mol. The van der Waals surface area contributed by atoms with E-state index in [2.05, 4.69) is 10.6 Å². The molecule has 2 N–H and O–H groups in total. The van der Waals surface area contributed by atoms with Crippen molar-refractivity contribution in [1.29, 1.82) is 0 Å². The Morgan fingerprint density at radius 3 is 2.45 bits per heavy atom. The quantitative estimate of drug-likeness (QED) is 0.551. The van der Waals surface area contributed by atoms with Crippen LogP contribution in [0, 0.1) is 5.82 Å². The number of carbonyl (C=O) groups excluding carboxylic acids is 2. The molecule has 0 atom stereocenters. The first-order valence-corrected chi connectivity index (χ1v) is 10.6. The lowest BCUT2D eigenvalue weighted by Crippen LogP contribution is -2.19. The standard InChI is InChI=1S/C23H19FN2O4S/c24-15-5-7-16(8-6-15)25-23(28)18-3-1-2-4-19(18)26-22(27)14-31-17-9-10-20-21(13-17)30-12-11-29-20/h1-10,13H,11-12,14H2,(H,25,28)(H,26,27). The third-order valence-corrected chi connectivity index (χ3v) is 5.43. The molecule has 158 valence electrons. The Labute approximate surface area is 182 Å². The number of anilines is 2. The van der Waals surface area contributed by atoms with Gasteiger partial charge in [-0.2, -0.15) is 0 Å². The number of amides is 2. The molecule has 0 spiro atoms. The highest BCUT2D eigenvalue weighted by molar-refractivity contribution is 8.00. The topological polar surface area (TPSA) is 76.7 Å². The fourth-order valence-electron chi connectivity index (χ4n) is 2.97. The molecular weight excluding hydrogens is 419 g/mol. The number of thioether (sulfide) groups is 1. The van der Waals surface area contributed by atoms with Crippen molar-refractivity contribution in [2.75, 3.05) is 29.6 Å². The maximum absolute atomic E-state index is 13.1. The van der Waals surface area contributed by atoms with Crippen molar-refractivity contribution in [3.63, 3.8) is 0 Å². The summed E-state index contributed by atoms with van der Waals surface area (Å²) in [5.74, 6) is 0.485. The number of ether oxygens (including phenoxy) is 2. The number of carbonyl (C=O) groups is 2. The first-order valence-electron chi connectivity index (χ1n) is 9.57. The molecule has 2 amide bonds. The van der Waals surface area contributed by atoms with Crippen LogP contribution >= 0.6 is 11.8 Å². The van der Waals surface area contributed by atoms with Gasteiger partial charge in [0, 0.05) is 10.6 Å².